The van der Waals surface area contributed by atoms with Gasteiger partial charge in [0.2, 0.25) is 0 Å². The van der Waals surface area contributed by atoms with Gasteiger partial charge >= 0.3 is 5.97 Å². The average molecular weight is 451 g/mol. The predicted octanol–water partition coefficient (Wildman–Crippen LogP) is 5.66. The van der Waals surface area contributed by atoms with Crippen molar-refractivity contribution in [2.24, 2.45) is 0 Å². The summed E-state index contributed by atoms with van der Waals surface area (Å²) in [5.41, 5.74) is 1.11. The highest BCUT2D eigenvalue weighted by atomic mass is 35.5. The number of aromatic carboxylic acids is 1. The summed E-state index contributed by atoms with van der Waals surface area (Å²) in [5.74, 6) is -4.02. The fraction of sp³-hybridized carbons (Fsp3) is 0.190. The highest BCUT2D eigenvalue weighted by molar-refractivity contribution is 6.40. The lowest BCUT2D eigenvalue weighted by molar-refractivity contribution is 0.0696. The standard InChI is InChI=1S/C21H14Cl2F2N2O3/c22-12-6-7-13(24)18(23)17(12)20(28)11-2-1-3-15-16(11)19(27-26-15)10-5-4-9(21(29)30)8-14(10)25/h4-8,11H,1-3H2,(H,26,27)(H,29,30). The van der Waals surface area contributed by atoms with Crippen molar-refractivity contribution in [1.29, 1.82) is 0 Å². The van der Waals surface area contributed by atoms with Gasteiger partial charge in [0.15, 0.2) is 5.78 Å². The number of nitrogens with one attached hydrogen (secondary N) is 1. The van der Waals surface area contributed by atoms with Crippen molar-refractivity contribution in [3.63, 3.8) is 0 Å². The Labute approximate surface area is 179 Å². The zero-order chi connectivity index (χ0) is 21.6. The molecule has 0 bridgehead atoms. The quantitative estimate of drug-likeness (QED) is 0.396. The molecule has 0 radical (unpaired) electrons. The summed E-state index contributed by atoms with van der Waals surface area (Å²) in [6.07, 6.45) is 1.69. The van der Waals surface area contributed by atoms with Crippen LogP contribution in [-0.2, 0) is 6.42 Å². The first kappa shape index (κ1) is 20.5. The van der Waals surface area contributed by atoms with Crippen LogP contribution >= 0.6 is 23.2 Å². The van der Waals surface area contributed by atoms with Crippen molar-refractivity contribution in [3.05, 3.63) is 74.4 Å². The maximum atomic E-state index is 14.7. The summed E-state index contributed by atoms with van der Waals surface area (Å²) < 4.78 is 28.6. The van der Waals surface area contributed by atoms with Crippen LogP contribution in [0.2, 0.25) is 10.0 Å². The molecule has 4 rings (SSSR count). The lowest BCUT2D eigenvalue weighted by Crippen LogP contribution is -2.20. The molecule has 0 saturated carbocycles. The van der Waals surface area contributed by atoms with Crippen LogP contribution in [0.1, 0.15) is 50.7 Å². The number of carbonyl (C=O) groups is 2. The van der Waals surface area contributed by atoms with Crippen LogP contribution in [0.3, 0.4) is 0 Å². The van der Waals surface area contributed by atoms with Gasteiger partial charge in [-0.1, -0.05) is 23.2 Å². The minimum absolute atomic E-state index is 0.0283. The minimum Gasteiger partial charge on any atom is -0.478 e. The van der Waals surface area contributed by atoms with Crippen LogP contribution in [0.4, 0.5) is 8.78 Å². The topological polar surface area (TPSA) is 83.0 Å². The van der Waals surface area contributed by atoms with E-state index in [1.54, 1.807) is 0 Å². The van der Waals surface area contributed by atoms with Gasteiger partial charge in [-0.05, 0) is 49.6 Å². The van der Waals surface area contributed by atoms with Crippen molar-refractivity contribution in [2.45, 2.75) is 25.2 Å². The van der Waals surface area contributed by atoms with Crippen LogP contribution in [0, 0.1) is 11.6 Å². The lowest BCUT2D eigenvalue weighted by atomic mass is 9.79. The third-order valence-corrected chi connectivity index (χ3v) is 5.91. The number of aromatic nitrogens is 2. The van der Waals surface area contributed by atoms with E-state index in [2.05, 4.69) is 10.2 Å². The van der Waals surface area contributed by atoms with E-state index >= 15 is 0 Å². The van der Waals surface area contributed by atoms with E-state index in [4.69, 9.17) is 28.3 Å². The molecule has 1 unspecified atom stereocenters. The number of carboxylic acids is 1. The summed E-state index contributed by atoms with van der Waals surface area (Å²) in [4.78, 5) is 24.4. The van der Waals surface area contributed by atoms with Gasteiger partial charge < -0.3 is 5.11 Å². The van der Waals surface area contributed by atoms with Gasteiger partial charge in [-0.3, -0.25) is 9.89 Å². The summed E-state index contributed by atoms with van der Waals surface area (Å²) in [5, 5.41) is 15.7. The number of Topliss-reactive ketones (excluding diaryl/α,β-unsaturated/α-hetero) is 1. The number of hydrogen-bond donors (Lipinski definition) is 2. The second-order valence-electron chi connectivity index (χ2n) is 6.99. The Hall–Kier alpha value is -2.77. The smallest absolute Gasteiger partial charge is 0.335 e. The molecule has 0 amide bonds. The van der Waals surface area contributed by atoms with Crippen LogP contribution in [-0.4, -0.2) is 27.1 Å². The molecule has 1 aliphatic rings. The first-order valence-electron chi connectivity index (χ1n) is 9.07. The Morgan fingerprint density at radius 1 is 1.13 bits per heavy atom. The van der Waals surface area contributed by atoms with E-state index in [-0.39, 0.29) is 32.4 Å². The molecular formula is C21H14Cl2F2N2O3. The molecule has 0 aliphatic heterocycles. The average Bonchev–Trinajstić information content (AvgIpc) is 3.15. The van der Waals surface area contributed by atoms with Gasteiger partial charge in [-0.25, -0.2) is 13.6 Å². The number of carbonyl (C=O) groups excluding carboxylic acids is 1. The summed E-state index contributed by atoms with van der Waals surface area (Å²) >= 11 is 12.2. The highest BCUT2D eigenvalue weighted by Gasteiger charge is 2.35. The molecule has 1 atom stereocenters. The minimum atomic E-state index is -1.26. The van der Waals surface area contributed by atoms with Crippen molar-refractivity contribution < 1.29 is 23.5 Å². The second-order valence-corrected chi connectivity index (χ2v) is 7.78. The van der Waals surface area contributed by atoms with E-state index in [0.717, 1.165) is 12.1 Å². The van der Waals surface area contributed by atoms with Crippen molar-refractivity contribution in [2.75, 3.05) is 0 Å². The van der Waals surface area contributed by atoms with Crippen molar-refractivity contribution >= 4 is 35.0 Å². The summed E-state index contributed by atoms with van der Waals surface area (Å²) in [6, 6.07) is 5.82. The molecule has 1 heterocycles. The Morgan fingerprint density at radius 2 is 1.90 bits per heavy atom. The van der Waals surface area contributed by atoms with Crippen LogP contribution in [0.25, 0.3) is 11.3 Å². The third-order valence-electron chi connectivity index (χ3n) is 5.23. The van der Waals surface area contributed by atoms with Crippen LogP contribution in [0.5, 0.6) is 0 Å². The number of H-pyrrole nitrogens is 1. The normalized spacial score (nSPS) is 15.7. The number of ketones is 1. The summed E-state index contributed by atoms with van der Waals surface area (Å²) in [7, 11) is 0. The van der Waals surface area contributed by atoms with Gasteiger partial charge in [-0.15, -0.1) is 0 Å². The Morgan fingerprint density at radius 3 is 2.60 bits per heavy atom. The number of benzene rings is 2. The molecule has 1 aromatic heterocycles. The molecule has 30 heavy (non-hydrogen) atoms. The van der Waals surface area contributed by atoms with Crippen LogP contribution in [0.15, 0.2) is 30.3 Å². The number of hydrogen-bond acceptors (Lipinski definition) is 3. The molecule has 1 aliphatic carbocycles. The van der Waals surface area contributed by atoms with E-state index in [0.29, 0.717) is 30.5 Å². The largest absolute Gasteiger partial charge is 0.478 e. The van der Waals surface area contributed by atoms with Crippen LogP contribution < -0.4 is 0 Å². The van der Waals surface area contributed by atoms with Gasteiger partial charge in [-0.2, -0.15) is 5.10 Å². The van der Waals surface area contributed by atoms with E-state index in [1.807, 2.05) is 0 Å². The zero-order valence-electron chi connectivity index (χ0n) is 15.3. The van der Waals surface area contributed by atoms with E-state index in [9.17, 15) is 18.4 Å². The molecule has 154 valence electrons. The maximum absolute atomic E-state index is 14.7. The van der Waals surface area contributed by atoms with E-state index in [1.165, 1.54) is 18.2 Å². The molecule has 2 N–H and O–H groups in total. The highest BCUT2D eigenvalue weighted by Crippen LogP contribution is 2.42. The summed E-state index contributed by atoms with van der Waals surface area (Å²) in [6.45, 7) is 0. The number of aryl methyl sites for hydroxylation is 1. The number of halogens is 4. The molecule has 9 heteroatoms. The first-order chi connectivity index (χ1) is 14.3. The Balaban J connectivity index is 1.83. The number of rotatable bonds is 4. The number of carboxylic acid groups (broad SMARTS) is 1. The van der Waals surface area contributed by atoms with Gasteiger partial charge in [0.05, 0.1) is 32.8 Å². The third kappa shape index (κ3) is 3.38. The SMILES string of the molecule is O=C(O)c1ccc(-c2n[nH]c3c2C(C(=O)c2c(Cl)ccc(F)c2Cl)CCC3)c(F)c1. The molecule has 3 aromatic rings. The molecule has 2 aromatic carbocycles. The Kier molecular flexibility index (Phi) is 5.34. The number of aromatic amines is 1. The fourth-order valence-corrected chi connectivity index (χ4v) is 4.37. The first-order valence-corrected chi connectivity index (χ1v) is 9.83. The lowest BCUT2D eigenvalue weighted by Gasteiger charge is -2.23. The van der Waals surface area contributed by atoms with Gasteiger partial charge in [0.1, 0.15) is 11.6 Å². The van der Waals surface area contributed by atoms with Gasteiger partial charge in [0.25, 0.3) is 0 Å². The Bertz CT molecular complexity index is 1190. The second kappa shape index (κ2) is 7.81. The van der Waals surface area contributed by atoms with Crippen molar-refractivity contribution in [1.82, 2.24) is 10.2 Å². The molecule has 0 saturated heterocycles. The number of fused-ring (bicyclic) bond motifs is 1. The predicted molar refractivity (Wildman–Crippen MR) is 107 cm³/mol. The molecular weight excluding hydrogens is 437 g/mol. The van der Waals surface area contributed by atoms with E-state index < -0.39 is 29.3 Å². The fourth-order valence-electron chi connectivity index (χ4n) is 3.81. The number of nitrogens with zero attached hydrogens (tertiary/aromatic N) is 1. The molecule has 5 nitrogen and oxygen atoms in total. The monoisotopic (exact) mass is 450 g/mol. The zero-order valence-corrected chi connectivity index (χ0v) is 16.8. The van der Waals surface area contributed by atoms with Gasteiger partial charge in [0, 0.05) is 16.8 Å². The van der Waals surface area contributed by atoms with Crippen molar-refractivity contribution in [3.8, 4) is 11.3 Å². The molecule has 0 spiro atoms. The maximum Gasteiger partial charge on any atom is 0.335 e. The molecule has 0 fully saturated rings.